The lowest BCUT2D eigenvalue weighted by atomic mass is 9.70. The molecular weight excluding hydrogens is 312 g/mol. The van der Waals surface area contributed by atoms with Crippen molar-refractivity contribution < 1.29 is 13.2 Å². The molecule has 3 rings (SSSR count). The maximum atomic E-state index is 12.7. The van der Waals surface area contributed by atoms with E-state index in [-0.39, 0.29) is 17.0 Å². The molecule has 3 atom stereocenters. The summed E-state index contributed by atoms with van der Waals surface area (Å²) in [5.74, 6) is 0.497. The van der Waals surface area contributed by atoms with E-state index in [1.807, 2.05) is 0 Å². The molecule has 5 nitrogen and oxygen atoms in total. The first-order chi connectivity index (χ1) is 10.7. The monoisotopic (exact) mass is 342 g/mol. The maximum Gasteiger partial charge on any atom is 0.212 e. The first-order valence-electron chi connectivity index (χ1n) is 8.96. The summed E-state index contributed by atoms with van der Waals surface area (Å²) in [6, 6.07) is 0.302. The quantitative estimate of drug-likeness (QED) is 0.799. The molecule has 0 unspecified atom stereocenters. The average Bonchev–Trinajstić information content (AvgIpc) is 3.07. The summed E-state index contributed by atoms with van der Waals surface area (Å²) in [7, 11) is -3.43. The number of nitrogens with one attached hydrogen (secondary N) is 1. The molecule has 0 aromatic carbocycles. The third-order valence-electron chi connectivity index (χ3n) is 7.02. The van der Waals surface area contributed by atoms with E-state index in [4.69, 9.17) is 0 Å². The highest BCUT2D eigenvalue weighted by Gasteiger charge is 2.65. The van der Waals surface area contributed by atoms with Crippen molar-refractivity contribution in [3.8, 4) is 0 Å². The summed E-state index contributed by atoms with van der Waals surface area (Å²) in [4.78, 5) is 14.8. The van der Waals surface area contributed by atoms with Gasteiger partial charge in [-0.3, -0.25) is 9.69 Å². The summed E-state index contributed by atoms with van der Waals surface area (Å²) in [5, 5.41) is 0. The molecule has 1 heterocycles. The van der Waals surface area contributed by atoms with Crippen molar-refractivity contribution in [3.05, 3.63) is 0 Å². The summed E-state index contributed by atoms with van der Waals surface area (Å²) < 4.78 is 28.2. The van der Waals surface area contributed by atoms with Gasteiger partial charge in [0.15, 0.2) is 0 Å². The van der Waals surface area contributed by atoms with Gasteiger partial charge in [0.1, 0.15) is 5.78 Å². The molecule has 0 radical (unpaired) electrons. The van der Waals surface area contributed by atoms with Gasteiger partial charge in [0.05, 0.1) is 5.75 Å². The number of sulfonamides is 1. The van der Waals surface area contributed by atoms with Gasteiger partial charge in [0.25, 0.3) is 0 Å². The molecule has 1 saturated heterocycles. The van der Waals surface area contributed by atoms with Crippen molar-refractivity contribution in [1.82, 2.24) is 9.62 Å². The normalized spacial score (nSPS) is 36.9. The molecule has 3 fully saturated rings. The summed E-state index contributed by atoms with van der Waals surface area (Å²) >= 11 is 0. The zero-order valence-electron chi connectivity index (χ0n) is 14.6. The number of rotatable bonds is 6. The summed E-state index contributed by atoms with van der Waals surface area (Å²) in [6.07, 6.45) is 4.47. The smallest absolute Gasteiger partial charge is 0.212 e. The summed E-state index contributed by atoms with van der Waals surface area (Å²) in [6.45, 7) is 8.78. The van der Waals surface area contributed by atoms with E-state index >= 15 is 0 Å². The maximum absolute atomic E-state index is 12.7. The van der Waals surface area contributed by atoms with Crippen molar-refractivity contribution in [2.75, 3.05) is 25.4 Å². The third kappa shape index (κ3) is 2.76. The van der Waals surface area contributed by atoms with Crippen LogP contribution in [-0.2, 0) is 14.8 Å². The number of hydrogen-bond acceptors (Lipinski definition) is 4. The second kappa shape index (κ2) is 5.81. The average molecular weight is 343 g/mol. The Morgan fingerprint density at radius 2 is 2.04 bits per heavy atom. The fraction of sp³-hybridized carbons (Fsp3) is 0.941. The van der Waals surface area contributed by atoms with Crippen LogP contribution in [0, 0.1) is 16.7 Å². The molecule has 132 valence electrons. The number of Topliss-reactive ketones (excluding diaryl/α,β-unsaturated/α-hetero) is 1. The van der Waals surface area contributed by atoms with E-state index in [2.05, 4.69) is 30.4 Å². The zero-order valence-corrected chi connectivity index (χ0v) is 15.4. The topological polar surface area (TPSA) is 66.5 Å². The molecule has 2 bridgehead atoms. The molecule has 6 heteroatoms. The first-order valence-corrected chi connectivity index (χ1v) is 10.6. The molecule has 0 spiro atoms. The lowest BCUT2D eigenvalue weighted by Gasteiger charge is -2.36. The van der Waals surface area contributed by atoms with Crippen molar-refractivity contribution >= 4 is 15.8 Å². The fourth-order valence-electron chi connectivity index (χ4n) is 5.25. The van der Waals surface area contributed by atoms with Gasteiger partial charge in [-0.15, -0.1) is 0 Å². The fourth-order valence-corrected chi connectivity index (χ4v) is 7.12. The summed E-state index contributed by atoms with van der Waals surface area (Å²) in [5.41, 5.74) is -0.856. The van der Waals surface area contributed by atoms with Crippen LogP contribution in [0.3, 0.4) is 0 Å². The highest BCUT2D eigenvalue weighted by molar-refractivity contribution is 7.89. The Balaban J connectivity index is 1.68. The Morgan fingerprint density at radius 3 is 2.61 bits per heavy atom. The molecule has 0 aromatic rings. The Morgan fingerprint density at radius 1 is 1.30 bits per heavy atom. The van der Waals surface area contributed by atoms with E-state index in [0.29, 0.717) is 24.9 Å². The SMILES string of the molecule is CCN1CCC[C@H]1CNS(=O)(=O)C[C@@]12CC[C@@H](CC1=O)C2(C)C. The van der Waals surface area contributed by atoms with Crippen LogP contribution in [0.1, 0.15) is 52.9 Å². The van der Waals surface area contributed by atoms with Gasteiger partial charge in [-0.25, -0.2) is 13.1 Å². The van der Waals surface area contributed by atoms with E-state index in [0.717, 1.165) is 38.8 Å². The molecule has 23 heavy (non-hydrogen) atoms. The van der Waals surface area contributed by atoms with Crippen LogP contribution >= 0.6 is 0 Å². The van der Waals surface area contributed by atoms with Crippen LogP contribution < -0.4 is 4.72 Å². The number of likely N-dealkylation sites (N-methyl/N-ethyl adjacent to an activating group) is 1. The van der Waals surface area contributed by atoms with Crippen LogP contribution in [0.4, 0.5) is 0 Å². The second-order valence-corrected chi connectivity index (χ2v) is 10.0. The van der Waals surface area contributed by atoms with Crippen molar-refractivity contribution in [2.45, 2.75) is 58.9 Å². The lowest BCUT2D eigenvalue weighted by molar-refractivity contribution is -0.128. The van der Waals surface area contributed by atoms with Gasteiger partial charge in [-0.1, -0.05) is 20.8 Å². The number of ketones is 1. The van der Waals surface area contributed by atoms with E-state index < -0.39 is 15.4 Å². The number of likely N-dealkylation sites (tertiary alicyclic amines) is 1. The minimum atomic E-state index is -3.43. The number of carbonyl (C=O) groups excluding carboxylic acids is 1. The predicted octanol–water partition coefficient (Wildman–Crippen LogP) is 1.79. The Kier molecular flexibility index (Phi) is 4.39. The van der Waals surface area contributed by atoms with Gasteiger partial charge >= 0.3 is 0 Å². The van der Waals surface area contributed by atoms with Gasteiger partial charge in [-0.2, -0.15) is 0 Å². The largest absolute Gasteiger partial charge is 0.299 e. The predicted molar refractivity (Wildman–Crippen MR) is 90.6 cm³/mol. The number of nitrogens with zero attached hydrogens (tertiary/aromatic N) is 1. The van der Waals surface area contributed by atoms with Crippen LogP contribution in [0.15, 0.2) is 0 Å². The van der Waals surface area contributed by atoms with Gasteiger partial charge in [-0.05, 0) is 50.1 Å². The van der Waals surface area contributed by atoms with Gasteiger partial charge in [0, 0.05) is 24.4 Å². The second-order valence-electron chi connectivity index (χ2n) is 8.20. The molecule has 1 aliphatic heterocycles. The first kappa shape index (κ1) is 17.4. The van der Waals surface area contributed by atoms with Gasteiger partial charge in [0.2, 0.25) is 10.0 Å². The molecule has 3 aliphatic rings. The molecule has 2 saturated carbocycles. The van der Waals surface area contributed by atoms with Crippen LogP contribution in [-0.4, -0.2) is 50.5 Å². The third-order valence-corrected chi connectivity index (χ3v) is 8.50. The standard InChI is InChI=1S/C17H30N2O3S/c1-4-19-9-5-6-14(19)11-18-23(21,22)12-17-8-7-13(10-15(17)20)16(17,2)3/h13-14,18H,4-12H2,1-3H3/t13-,14-,17-/m0/s1. The Hall–Kier alpha value is -0.460. The highest BCUT2D eigenvalue weighted by Crippen LogP contribution is 2.64. The Bertz CT molecular complexity index is 587. The van der Waals surface area contributed by atoms with Crippen molar-refractivity contribution in [3.63, 3.8) is 0 Å². The minimum Gasteiger partial charge on any atom is -0.299 e. The molecule has 1 N–H and O–H groups in total. The van der Waals surface area contributed by atoms with E-state index in [1.54, 1.807) is 0 Å². The van der Waals surface area contributed by atoms with Crippen LogP contribution in [0.25, 0.3) is 0 Å². The molecule has 2 aliphatic carbocycles. The highest BCUT2D eigenvalue weighted by atomic mass is 32.2. The number of hydrogen-bond donors (Lipinski definition) is 1. The Labute approximate surface area is 140 Å². The molecule has 0 amide bonds. The lowest BCUT2D eigenvalue weighted by Crippen LogP contribution is -2.47. The number of carbonyl (C=O) groups is 1. The van der Waals surface area contributed by atoms with Crippen molar-refractivity contribution in [1.29, 1.82) is 0 Å². The zero-order chi connectivity index (χ0) is 16.9. The van der Waals surface area contributed by atoms with Crippen molar-refractivity contribution in [2.24, 2.45) is 16.7 Å². The van der Waals surface area contributed by atoms with E-state index in [9.17, 15) is 13.2 Å². The number of fused-ring (bicyclic) bond motifs is 2. The molecular formula is C17H30N2O3S. The van der Waals surface area contributed by atoms with Crippen LogP contribution in [0.5, 0.6) is 0 Å². The minimum absolute atomic E-state index is 0.0266. The van der Waals surface area contributed by atoms with Crippen LogP contribution in [0.2, 0.25) is 0 Å². The van der Waals surface area contributed by atoms with Gasteiger partial charge < -0.3 is 0 Å². The van der Waals surface area contributed by atoms with E-state index in [1.165, 1.54) is 0 Å². The molecule has 0 aromatic heterocycles.